The average Bonchev–Trinajstić information content (AvgIpc) is 3.63. The average molecular weight is 514 g/mol. The van der Waals surface area contributed by atoms with Crippen molar-refractivity contribution in [3.05, 3.63) is 78.4 Å². The Morgan fingerprint density at radius 3 is 2.41 bits per heavy atom. The van der Waals surface area contributed by atoms with Gasteiger partial charge in [-0.15, -0.1) is 0 Å². The fourth-order valence-electron chi connectivity index (χ4n) is 4.45. The number of alkyl halides is 3. The molecule has 0 spiro atoms. The number of carbonyl (C=O) groups excluding carboxylic acids is 1. The first kappa shape index (κ1) is 25.9. The number of nitrogens with zero attached hydrogens (tertiary/aromatic N) is 4. The summed E-state index contributed by atoms with van der Waals surface area (Å²) in [5.74, 6) is -2.81. The number of nitrogens with one attached hydrogen (secondary N) is 1. The molecule has 0 radical (unpaired) electrons. The Labute approximate surface area is 210 Å². The van der Waals surface area contributed by atoms with Gasteiger partial charge in [0.1, 0.15) is 0 Å². The zero-order chi connectivity index (χ0) is 26.4. The van der Waals surface area contributed by atoms with Crippen molar-refractivity contribution in [3.63, 3.8) is 0 Å². The first-order chi connectivity index (χ1) is 17.8. The molecule has 4 aromatic heterocycles. The van der Waals surface area contributed by atoms with Crippen LogP contribution < -0.4 is 5.32 Å². The molecule has 0 bridgehead atoms. The minimum absolute atomic E-state index is 0.0501. The maximum atomic E-state index is 13.0. The highest BCUT2D eigenvalue weighted by atomic mass is 19.4. The van der Waals surface area contributed by atoms with Crippen LogP contribution in [0.3, 0.4) is 0 Å². The molecule has 0 saturated heterocycles. The van der Waals surface area contributed by atoms with Crippen LogP contribution >= 0.6 is 0 Å². The largest absolute Gasteiger partial charge is 0.490 e. The quantitative estimate of drug-likeness (QED) is 0.381. The van der Waals surface area contributed by atoms with Gasteiger partial charge in [0.2, 0.25) is 0 Å². The van der Waals surface area contributed by atoms with E-state index >= 15 is 0 Å². The van der Waals surface area contributed by atoms with E-state index in [9.17, 15) is 18.0 Å². The number of rotatable bonds is 6. The van der Waals surface area contributed by atoms with Gasteiger partial charge in [-0.1, -0.05) is 18.9 Å². The molecule has 4 heterocycles. The number of amides is 1. The summed E-state index contributed by atoms with van der Waals surface area (Å²) < 4.78 is 36.0. The fraction of sp³-hybridized carbons (Fsp3) is 0.308. The normalized spacial score (nSPS) is 13.8. The minimum Gasteiger partial charge on any atom is -0.475 e. The summed E-state index contributed by atoms with van der Waals surface area (Å²) >= 11 is 0. The Balaban J connectivity index is 0.000000405. The lowest BCUT2D eigenvalue weighted by atomic mass is 10.2. The molecule has 5 rings (SSSR count). The second-order valence-electron chi connectivity index (χ2n) is 8.66. The Hall–Kier alpha value is -4.15. The lowest BCUT2D eigenvalue weighted by molar-refractivity contribution is -0.192. The molecular weight excluding hydrogens is 487 g/mol. The Kier molecular flexibility index (Phi) is 7.90. The predicted molar refractivity (Wildman–Crippen MR) is 130 cm³/mol. The molecule has 11 heteroatoms. The number of aliphatic carboxylic acids is 1. The maximum Gasteiger partial charge on any atom is 0.490 e. The SMILES string of the molecule is O=C(NCCc1ccncc1)c1cc(-c2ccnn2C2CCCC2)n2ccccc12.O=C(O)C(F)(F)F. The summed E-state index contributed by atoms with van der Waals surface area (Å²) in [6.07, 6.45) is 7.97. The summed E-state index contributed by atoms with van der Waals surface area (Å²) in [4.78, 5) is 25.9. The van der Waals surface area contributed by atoms with E-state index in [0.29, 0.717) is 18.2 Å². The Morgan fingerprint density at radius 2 is 1.73 bits per heavy atom. The molecule has 1 aliphatic carbocycles. The van der Waals surface area contributed by atoms with Crippen LogP contribution in [-0.2, 0) is 11.2 Å². The smallest absolute Gasteiger partial charge is 0.475 e. The van der Waals surface area contributed by atoms with Gasteiger partial charge in [0, 0.05) is 31.3 Å². The van der Waals surface area contributed by atoms with E-state index in [1.807, 2.05) is 48.8 Å². The first-order valence-corrected chi connectivity index (χ1v) is 11.9. The highest BCUT2D eigenvalue weighted by Crippen LogP contribution is 2.34. The van der Waals surface area contributed by atoms with Gasteiger partial charge in [0.05, 0.1) is 28.5 Å². The minimum atomic E-state index is -5.08. The first-order valence-electron chi connectivity index (χ1n) is 11.9. The molecule has 0 unspecified atom stereocenters. The van der Waals surface area contributed by atoms with Gasteiger partial charge >= 0.3 is 12.1 Å². The molecule has 1 fully saturated rings. The van der Waals surface area contributed by atoms with Crippen LogP contribution in [0.1, 0.15) is 47.6 Å². The fourth-order valence-corrected chi connectivity index (χ4v) is 4.45. The van der Waals surface area contributed by atoms with Crippen molar-refractivity contribution in [1.29, 1.82) is 0 Å². The van der Waals surface area contributed by atoms with Crippen LogP contribution in [-0.4, -0.2) is 48.9 Å². The molecule has 1 saturated carbocycles. The second kappa shape index (κ2) is 11.3. The molecule has 1 aliphatic rings. The third-order valence-electron chi connectivity index (χ3n) is 6.22. The van der Waals surface area contributed by atoms with Crippen LogP contribution in [0, 0.1) is 0 Å². The highest BCUT2D eigenvalue weighted by Gasteiger charge is 2.38. The Morgan fingerprint density at radius 1 is 1.03 bits per heavy atom. The van der Waals surface area contributed by atoms with Crippen LogP contribution in [0.15, 0.2) is 67.3 Å². The number of fused-ring (bicyclic) bond motifs is 1. The van der Waals surface area contributed by atoms with Gasteiger partial charge in [-0.2, -0.15) is 18.3 Å². The van der Waals surface area contributed by atoms with Crippen molar-refractivity contribution < 1.29 is 27.9 Å². The maximum absolute atomic E-state index is 13.0. The number of carboxylic acids is 1. The van der Waals surface area contributed by atoms with Gasteiger partial charge < -0.3 is 14.8 Å². The molecule has 8 nitrogen and oxygen atoms in total. The standard InChI is InChI=1S/C24H25N5O.C2HF3O2/c30-24(26-14-10-18-8-12-25-13-9-18)20-17-23(28-16-4-3-7-21(20)28)22-11-15-27-29(22)19-5-1-2-6-19;3-2(4,5)1(6)7/h3-4,7-9,11-13,15-17,19H,1-2,5-6,10,14H2,(H,26,30);(H,6,7). The summed E-state index contributed by atoms with van der Waals surface area (Å²) in [5.41, 5.74) is 4.84. The van der Waals surface area contributed by atoms with E-state index in [1.54, 1.807) is 12.4 Å². The van der Waals surface area contributed by atoms with Gasteiger partial charge in [-0.3, -0.25) is 14.5 Å². The monoisotopic (exact) mass is 513 g/mol. The second-order valence-corrected chi connectivity index (χ2v) is 8.66. The predicted octanol–water partition coefficient (Wildman–Crippen LogP) is 4.92. The summed E-state index contributed by atoms with van der Waals surface area (Å²) in [5, 5.41) is 14.8. The van der Waals surface area contributed by atoms with Crippen molar-refractivity contribution in [2.45, 2.75) is 44.3 Å². The highest BCUT2D eigenvalue weighted by molar-refractivity contribution is 6.02. The van der Waals surface area contributed by atoms with E-state index in [4.69, 9.17) is 9.90 Å². The molecule has 194 valence electrons. The molecule has 4 aromatic rings. The van der Waals surface area contributed by atoms with Crippen LogP contribution in [0.5, 0.6) is 0 Å². The van der Waals surface area contributed by atoms with Gasteiger partial charge in [0.25, 0.3) is 5.91 Å². The number of hydrogen-bond acceptors (Lipinski definition) is 4. The number of halogens is 3. The topological polar surface area (TPSA) is 102 Å². The molecular formula is C26H26F3N5O3. The number of pyridine rings is 2. The lowest BCUT2D eigenvalue weighted by Gasteiger charge is -2.14. The molecule has 1 amide bonds. The van der Waals surface area contributed by atoms with E-state index in [0.717, 1.165) is 28.9 Å². The third-order valence-corrected chi connectivity index (χ3v) is 6.22. The van der Waals surface area contributed by atoms with E-state index in [2.05, 4.69) is 30.5 Å². The Bertz CT molecular complexity index is 1360. The summed E-state index contributed by atoms with van der Waals surface area (Å²) in [7, 11) is 0. The summed E-state index contributed by atoms with van der Waals surface area (Å²) in [6.45, 7) is 0.586. The molecule has 2 N–H and O–H groups in total. The zero-order valence-corrected chi connectivity index (χ0v) is 19.9. The number of carbonyl (C=O) groups is 2. The number of hydrogen-bond donors (Lipinski definition) is 2. The van der Waals surface area contributed by atoms with Crippen LogP contribution in [0.25, 0.3) is 16.9 Å². The van der Waals surface area contributed by atoms with E-state index in [-0.39, 0.29) is 5.91 Å². The molecule has 0 atom stereocenters. The van der Waals surface area contributed by atoms with E-state index in [1.165, 1.54) is 25.7 Å². The van der Waals surface area contributed by atoms with Crippen LogP contribution in [0.2, 0.25) is 0 Å². The van der Waals surface area contributed by atoms with E-state index < -0.39 is 12.1 Å². The van der Waals surface area contributed by atoms with Crippen molar-refractivity contribution in [1.82, 2.24) is 24.5 Å². The van der Waals surface area contributed by atoms with Gasteiger partial charge in [-0.25, -0.2) is 4.79 Å². The van der Waals surface area contributed by atoms with Gasteiger partial charge in [-0.05, 0) is 61.2 Å². The number of carboxylic acid groups (broad SMARTS) is 1. The van der Waals surface area contributed by atoms with Crippen molar-refractivity contribution in [2.75, 3.05) is 6.54 Å². The van der Waals surface area contributed by atoms with Crippen molar-refractivity contribution >= 4 is 17.4 Å². The van der Waals surface area contributed by atoms with Crippen molar-refractivity contribution in [2.24, 2.45) is 0 Å². The summed E-state index contributed by atoms with van der Waals surface area (Å²) in [6, 6.07) is 14.4. The molecule has 0 aromatic carbocycles. The molecule has 37 heavy (non-hydrogen) atoms. The third kappa shape index (κ3) is 6.16. The lowest BCUT2D eigenvalue weighted by Crippen LogP contribution is -2.25. The van der Waals surface area contributed by atoms with Crippen LogP contribution in [0.4, 0.5) is 13.2 Å². The van der Waals surface area contributed by atoms with Gasteiger partial charge in [0.15, 0.2) is 0 Å². The molecule has 0 aliphatic heterocycles. The zero-order valence-electron chi connectivity index (χ0n) is 19.9. The van der Waals surface area contributed by atoms with Crippen molar-refractivity contribution in [3.8, 4) is 11.4 Å². The number of aromatic nitrogens is 4.